The van der Waals surface area contributed by atoms with Gasteiger partial charge in [0.25, 0.3) is 0 Å². The van der Waals surface area contributed by atoms with E-state index in [0.29, 0.717) is 10.7 Å². The highest BCUT2D eigenvalue weighted by atomic mass is 35.5. The fourth-order valence-electron chi connectivity index (χ4n) is 1.81. The lowest BCUT2D eigenvalue weighted by Gasteiger charge is -2.00. The summed E-state index contributed by atoms with van der Waals surface area (Å²) < 4.78 is 0. The Hall–Kier alpha value is -1.74. The molecule has 0 radical (unpaired) electrons. The van der Waals surface area contributed by atoms with Gasteiger partial charge in [-0.3, -0.25) is 0 Å². The van der Waals surface area contributed by atoms with Gasteiger partial charge in [-0.05, 0) is 31.1 Å². The number of carboxylic acids is 1. The molecule has 0 saturated heterocycles. The number of aromatic amines is 1. The minimum Gasteiger partial charge on any atom is -0.478 e. The van der Waals surface area contributed by atoms with Crippen LogP contribution in [0.2, 0.25) is 5.15 Å². The predicted octanol–water partition coefficient (Wildman–Crippen LogP) is 3.54. The van der Waals surface area contributed by atoms with Crippen molar-refractivity contribution >= 4 is 34.5 Å². The molecule has 0 atom stereocenters. The van der Waals surface area contributed by atoms with E-state index in [-0.39, 0.29) is 0 Å². The molecule has 2 N–H and O–H groups in total. The monoisotopic (exact) mass is 249 g/mol. The number of benzene rings is 1. The number of hydrogen-bond donors (Lipinski definition) is 2. The molecule has 88 valence electrons. The molecule has 0 fully saturated rings. The van der Waals surface area contributed by atoms with Crippen molar-refractivity contribution in [2.45, 2.75) is 13.8 Å². The van der Waals surface area contributed by atoms with Gasteiger partial charge in [-0.25, -0.2) is 4.79 Å². The van der Waals surface area contributed by atoms with Crippen molar-refractivity contribution in [3.8, 4) is 0 Å². The Bertz CT molecular complexity index is 626. The van der Waals surface area contributed by atoms with E-state index >= 15 is 0 Å². The number of H-pyrrole nitrogens is 1. The number of hydrogen-bond acceptors (Lipinski definition) is 1. The van der Waals surface area contributed by atoms with Crippen molar-refractivity contribution in [1.82, 2.24) is 4.98 Å². The summed E-state index contributed by atoms with van der Waals surface area (Å²) in [5.41, 5.74) is 3.97. The van der Waals surface area contributed by atoms with Crippen LogP contribution in [0.5, 0.6) is 0 Å². The maximum Gasteiger partial charge on any atom is 0.328 e. The molecule has 17 heavy (non-hydrogen) atoms. The molecule has 3 nitrogen and oxygen atoms in total. The number of rotatable bonds is 2. The highest BCUT2D eigenvalue weighted by Gasteiger charge is 2.10. The first kappa shape index (κ1) is 11.7. The fraction of sp³-hybridized carbons (Fsp3) is 0.154. The Labute approximate surface area is 104 Å². The molecule has 0 saturated carbocycles. The lowest BCUT2D eigenvalue weighted by atomic mass is 10.0. The molecule has 0 bridgehead atoms. The van der Waals surface area contributed by atoms with Crippen LogP contribution in [0.3, 0.4) is 0 Å². The summed E-state index contributed by atoms with van der Waals surface area (Å²) >= 11 is 6.08. The molecule has 0 aliphatic heterocycles. The summed E-state index contributed by atoms with van der Waals surface area (Å²) in [7, 11) is 0. The normalized spacial score (nSPS) is 11.5. The highest BCUT2D eigenvalue weighted by Crippen LogP contribution is 2.30. The zero-order valence-electron chi connectivity index (χ0n) is 9.54. The van der Waals surface area contributed by atoms with Crippen LogP contribution in [-0.2, 0) is 4.79 Å². The van der Waals surface area contributed by atoms with Crippen molar-refractivity contribution in [3.05, 3.63) is 40.1 Å². The lowest BCUT2D eigenvalue weighted by molar-refractivity contribution is -0.131. The first-order valence-electron chi connectivity index (χ1n) is 5.19. The maximum absolute atomic E-state index is 10.5. The topological polar surface area (TPSA) is 53.1 Å². The van der Waals surface area contributed by atoms with Crippen LogP contribution in [0, 0.1) is 13.8 Å². The molecule has 0 amide bonds. The summed E-state index contributed by atoms with van der Waals surface area (Å²) in [5, 5.41) is 10.0. The van der Waals surface area contributed by atoms with Crippen molar-refractivity contribution in [2.75, 3.05) is 0 Å². The molecule has 0 unspecified atom stereocenters. The Kier molecular flexibility index (Phi) is 2.94. The lowest BCUT2D eigenvalue weighted by Crippen LogP contribution is -1.85. The fourth-order valence-corrected chi connectivity index (χ4v) is 2.07. The molecule has 0 spiro atoms. The third kappa shape index (κ3) is 2.06. The van der Waals surface area contributed by atoms with Crippen molar-refractivity contribution in [3.63, 3.8) is 0 Å². The summed E-state index contributed by atoms with van der Waals surface area (Å²) in [6, 6.07) is 3.95. The number of nitrogens with one attached hydrogen (secondary N) is 1. The second kappa shape index (κ2) is 4.26. The highest BCUT2D eigenvalue weighted by molar-refractivity contribution is 6.33. The first-order chi connectivity index (χ1) is 8.00. The first-order valence-corrected chi connectivity index (χ1v) is 5.57. The summed E-state index contributed by atoms with van der Waals surface area (Å²) in [5.74, 6) is -0.987. The molecular weight excluding hydrogens is 238 g/mol. The molecule has 4 heteroatoms. The molecular formula is C13H12ClNO2. The summed E-state index contributed by atoms with van der Waals surface area (Å²) in [6.45, 7) is 4.03. The van der Waals surface area contributed by atoms with Gasteiger partial charge in [-0.1, -0.05) is 23.7 Å². The largest absolute Gasteiger partial charge is 0.478 e. The third-order valence-corrected chi connectivity index (χ3v) is 3.19. The number of aromatic nitrogens is 1. The number of carboxylic acid groups (broad SMARTS) is 1. The predicted molar refractivity (Wildman–Crippen MR) is 69.5 cm³/mol. The van der Waals surface area contributed by atoms with Gasteiger partial charge in [-0.15, -0.1) is 0 Å². The van der Waals surface area contributed by atoms with Gasteiger partial charge in [0.2, 0.25) is 0 Å². The average Bonchev–Trinajstić information content (AvgIpc) is 2.58. The molecule has 1 heterocycles. The van der Waals surface area contributed by atoms with Gasteiger partial charge in [0, 0.05) is 17.0 Å². The van der Waals surface area contributed by atoms with E-state index in [1.54, 1.807) is 0 Å². The van der Waals surface area contributed by atoms with E-state index in [0.717, 1.165) is 22.5 Å². The smallest absolute Gasteiger partial charge is 0.328 e. The summed E-state index contributed by atoms with van der Waals surface area (Å²) in [6.07, 6.45) is 2.60. The Balaban J connectivity index is 2.69. The van der Waals surface area contributed by atoms with Gasteiger partial charge in [0.15, 0.2) is 0 Å². The van der Waals surface area contributed by atoms with Gasteiger partial charge in [0.1, 0.15) is 5.15 Å². The van der Waals surface area contributed by atoms with Crippen LogP contribution in [0.25, 0.3) is 17.0 Å². The van der Waals surface area contributed by atoms with Crippen LogP contribution < -0.4 is 0 Å². The SMILES string of the molecule is Cc1ccc2c(/C=C/C(=O)O)c(Cl)[nH]c2c1C. The van der Waals surface area contributed by atoms with Gasteiger partial charge < -0.3 is 10.1 Å². The van der Waals surface area contributed by atoms with Gasteiger partial charge in [0.05, 0.1) is 5.52 Å². The second-order valence-corrected chi connectivity index (χ2v) is 4.33. The van der Waals surface area contributed by atoms with E-state index in [4.69, 9.17) is 16.7 Å². The van der Waals surface area contributed by atoms with Crippen molar-refractivity contribution < 1.29 is 9.90 Å². The van der Waals surface area contributed by atoms with Crippen LogP contribution >= 0.6 is 11.6 Å². The van der Waals surface area contributed by atoms with E-state index in [2.05, 4.69) is 4.98 Å². The number of halogens is 1. The third-order valence-electron chi connectivity index (χ3n) is 2.89. The van der Waals surface area contributed by atoms with Gasteiger partial charge in [-0.2, -0.15) is 0 Å². The quantitative estimate of drug-likeness (QED) is 0.800. The standard InChI is InChI=1S/C13H12ClNO2/c1-7-3-4-9-10(5-6-11(16)17)13(14)15-12(9)8(7)2/h3-6,15H,1-2H3,(H,16,17)/b6-5+. The van der Waals surface area contributed by atoms with E-state index in [9.17, 15) is 4.79 Å². The maximum atomic E-state index is 10.5. The molecule has 1 aromatic carbocycles. The van der Waals surface area contributed by atoms with Crippen molar-refractivity contribution in [1.29, 1.82) is 0 Å². The average molecular weight is 250 g/mol. The summed E-state index contributed by atoms with van der Waals surface area (Å²) in [4.78, 5) is 13.6. The van der Waals surface area contributed by atoms with Crippen molar-refractivity contribution in [2.24, 2.45) is 0 Å². The molecule has 2 aromatic rings. The van der Waals surface area contributed by atoms with E-state index in [1.807, 2.05) is 26.0 Å². The van der Waals surface area contributed by atoms with E-state index < -0.39 is 5.97 Å². The minimum absolute atomic E-state index is 0.464. The Morgan fingerprint density at radius 2 is 2.12 bits per heavy atom. The number of aliphatic carboxylic acids is 1. The zero-order chi connectivity index (χ0) is 12.6. The second-order valence-electron chi connectivity index (χ2n) is 3.95. The molecule has 0 aliphatic carbocycles. The Morgan fingerprint density at radius 3 is 2.76 bits per heavy atom. The zero-order valence-corrected chi connectivity index (χ0v) is 10.3. The van der Waals surface area contributed by atoms with Crippen LogP contribution in [-0.4, -0.2) is 16.1 Å². The molecule has 0 aliphatic rings. The number of aryl methyl sites for hydroxylation is 2. The van der Waals surface area contributed by atoms with E-state index in [1.165, 1.54) is 11.6 Å². The number of carbonyl (C=O) groups is 1. The van der Waals surface area contributed by atoms with Gasteiger partial charge >= 0.3 is 5.97 Å². The van der Waals surface area contributed by atoms with Crippen LogP contribution in [0.1, 0.15) is 16.7 Å². The van der Waals surface area contributed by atoms with Crippen LogP contribution in [0.4, 0.5) is 0 Å². The number of fused-ring (bicyclic) bond motifs is 1. The molecule has 1 aromatic heterocycles. The van der Waals surface area contributed by atoms with Crippen LogP contribution in [0.15, 0.2) is 18.2 Å². The molecule has 2 rings (SSSR count). The minimum atomic E-state index is -0.987. The Morgan fingerprint density at radius 1 is 1.41 bits per heavy atom.